The summed E-state index contributed by atoms with van der Waals surface area (Å²) < 4.78 is 9.15. The van der Waals surface area contributed by atoms with Gasteiger partial charge in [-0.05, 0) is 70.1 Å². The van der Waals surface area contributed by atoms with E-state index in [0.29, 0.717) is 0 Å². The molecule has 0 N–H and O–H groups in total. The third kappa shape index (κ3) is 3.52. The van der Waals surface area contributed by atoms with Crippen LogP contribution < -0.4 is 4.90 Å². The smallest absolute Gasteiger partial charge is 0.138 e. The number of thiophene rings is 1. The molecule has 2 heterocycles. The molecule has 218 valence electrons. The van der Waals surface area contributed by atoms with Crippen LogP contribution in [0.3, 0.4) is 0 Å². The highest BCUT2D eigenvalue weighted by molar-refractivity contribution is 7.25. The number of hydrogen-bond acceptors (Lipinski definition) is 3. The molecule has 0 atom stereocenters. The van der Waals surface area contributed by atoms with E-state index in [1.54, 1.807) is 0 Å². The average molecular weight is 608 g/mol. The molecule has 46 heavy (non-hydrogen) atoms. The highest BCUT2D eigenvalue weighted by Crippen LogP contribution is 2.53. The van der Waals surface area contributed by atoms with Gasteiger partial charge in [-0.1, -0.05) is 111 Å². The fourth-order valence-corrected chi connectivity index (χ4v) is 9.00. The van der Waals surface area contributed by atoms with Crippen LogP contribution in [0.25, 0.3) is 64.0 Å². The summed E-state index contributed by atoms with van der Waals surface area (Å²) in [6.45, 7) is 4.69. The van der Waals surface area contributed by atoms with Gasteiger partial charge in [0.1, 0.15) is 11.2 Å². The zero-order chi connectivity index (χ0) is 30.6. The first kappa shape index (κ1) is 25.9. The molecular formula is C43H29NOS. The Bertz CT molecular complexity index is 2690. The summed E-state index contributed by atoms with van der Waals surface area (Å²) in [5.74, 6) is 0. The van der Waals surface area contributed by atoms with Crippen molar-refractivity contribution in [3.63, 3.8) is 0 Å². The second-order valence-electron chi connectivity index (χ2n) is 12.9. The first-order chi connectivity index (χ1) is 22.6. The second kappa shape index (κ2) is 9.32. The lowest BCUT2D eigenvalue weighted by atomic mass is 9.82. The van der Waals surface area contributed by atoms with E-state index in [9.17, 15) is 0 Å². The van der Waals surface area contributed by atoms with Crippen molar-refractivity contribution in [3.05, 3.63) is 151 Å². The number of anilines is 3. The molecule has 2 nitrogen and oxygen atoms in total. The Morgan fingerprint density at radius 1 is 0.522 bits per heavy atom. The quantitative estimate of drug-likeness (QED) is 0.199. The topological polar surface area (TPSA) is 16.4 Å². The third-order valence-electron chi connectivity index (χ3n) is 10.0. The van der Waals surface area contributed by atoms with Crippen LogP contribution in [0.2, 0.25) is 0 Å². The number of fused-ring (bicyclic) bond motifs is 10. The van der Waals surface area contributed by atoms with Crippen molar-refractivity contribution in [2.45, 2.75) is 19.3 Å². The van der Waals surface area contributed by atoms with E-state index in [2.05, 4.69) is 158 Å². The lowest BCUT2D eigenvalue weighted by molar-refractivity contribution is 0.660. The molecule has 0 saturated carbocycles. The minimum Gasteiger partial charge on any atom is -0.456 e. The standard InChI is InChI=1S/C43H29NOS/c1-43(2)35-16-8-5-13-30(35)34-24-27(20-22-36(34)43)44(28-19-21-32-31-14-7-10-18-39(31)46-40(32)25-28)42-29-12-4-3-11-26(29)23-38-41(42)33-15-6-9-17-37(33)45-38/h3-25H,1-2H3. The van der Waals surface area contributed by atoms with Crippen molar-refractivity contribution < 1.29 is 4.42 Å². The van der Waals surface area contributed by atoms with E-state index >= 15 is 0 Å². The zero-order valence-corrected chi connectivity index (χ0v) is 26.4. The third-order valence-corrected chi connectivity index (χ3v) is 11.2. The predicted octanol–water partition coefficient (Wildman–Crippen LogP) is 12.9. The monoisotopic (exact) mass is 607 g/mol. The maximum Gasteiger partial charge on any atom is 0.138 e. The van der Waals surface area contributed by atoms with Gasteiger partial charge in [-0.3, -0.25) is 0 Å². The molecule has 0 radical (unpaired) electrons. The number of benzene rings is 7. The number of furan rings is 1. The van der Waals surface area contributed by atoms with Crippen molar-refractivity contribution in [1.82, 2.24) is 0 Å². The van der Waals surface area contributed by atoms with E-state index in [1.807, 2.05) is 11.3 Å². The van der Waals surface area contributed by atoms with Gasteiger partial charge in [0.2, 0.25) is 0 Å². The Balaban J connectivity index is 1.33. The molecule has 0 bridgehead atoms. The maximum atomic E-state index is 6.56. The molecule has 0 saturated heterocycles. The molecule has 0 fully saturated rings. The van der Waals surface area contributed by atoms with Gasteiger partial charge in [0.25, 0.3) is 0 Å². The molecule has 1 aliphatic rings. The van der Waals surface area contributed by atoms with Gasteiger partial charge in [0, 0.05) is 47.7 Å². The van der Waals surface area contributed by atoms with E-state index in [1.165, 1.54) is 47.8 Å². The Kier molecular flexibility index (Phi) is 5.25. The molecule has 7 aromatic carbocycles. The Hall–Kier alpha value is -5.38. The maximum absolute atomic E-state index is 6.56. The van der Waals surface area contributed by atoms with Gasteiger partial charge in [0.05, 0.1) is 11.1 Å². The van der Waals surface area contributed by atoms with Crippen LogP contribution in [0.15, 0.2) is 144 Å². The molecule has 2 aromatic heterocycles. The molecule has 1 aliphatic carbocycles. The Morgan fingerprint density at radius 3 is 2.11 bits per heavy atom. The summed E-state index contributed by atoms with van der Waals surface area (Å²) in [5.41, 5.74) is 10.5. The highest BCUT2D eigenvalue weighted by Gasteiger charge is 2.36. The van der Waals surface area contributed by atoms with Crippen molar-refractivity contribution in [1.29, 1.82) is 0 Å². The first-order valence-corrected chi connectivity index (χ1v) is 16.7. The summed E-state index contributed by atoms with van der Waals surface area (Å²) in [5, 5.41) is 7.21. The first-order valence-electron chi connectivity index (χ1n) is 15.9. The molecule has 0 amide bonds. The van der Waals surface area contributed by atoms with Crippen LogP contribution in [0, 0.1) is 0 Å². The highest BCUT2D eigenvalue weighted by atomic mass is 32.1. The minimum absolute atomic E-state index is 0.0568. The zero-order valence-electron chi connectivity index (χ0n) is 25.5. The van der Waals surface area contributed by atoms with Crippen LogP contribution in [0.5, 0.6) is 0 Å². The molecular weight excluding hydrogens is 579 g/mol. The number of rotatable bonds is 3. The van der Waals surface area contributed by atoms with Crippen LogP contribution >= 0.6 is 11.3 Å². The average Bonchev–Trinajstić information content (AvgIpc) is 3.72. The fourth-order valence-electron chi connectivity index (χ4n) is 7.87. The van der Waals surface area contributed by atoms with Crippen molar-refractivity contribution in [2.75, 3.05) is 4.90 Å². The van der Waals surface area contributed by atoms with Crippen molar-refractivity contribution in [3.8, 4) is 11.1 Å². The van der Waals surface area contributed by atoms with Gasteiger partial charge in [-0.25, -0.2) is 0 Å². The van der Waals surface area contributed by atoms with E-state index in [4.69, 9.17) is 4.42 Å². The number of hydrogen-bond donors (Lipinski definition) is 0. The van der Waals surface area contributed by atoms with E-state index in [-0.39, 0.29) is 5.41 Å². The summed E-state index contributed by atoms with van der Waals surface area (Å²) in [7, 11) is 0. The summed E-state index contributed by atoms with van der Waals surface area (Å²) in [4.78, 5) is 2.48. The van der Waals surface area contributed by atoms with Crippen LogP contribution in [-0.2, 0) is 5.41 Å². The van der Waals surface area contributed by atoms with E-state index in [0.717, 1.165) is 44.4 Å². The van der Waals surface area contributed by atoms with Gasteiger partial charge in [0.15, 0.2) is 0 Å². The lowest BCUT2D eigenvalue weighted by Gasteiger charge is -2.29. The lowest BCUT2D eigenvalue weighted by Crippen LogP contribution is -2.15. The summed E-state index contributed by atoms with van der Waals surface area (Å²) in [6, 6.07) is 51.0. The molecule has 10 rings (SSSR count). The van der Waals surface area contributed by atoms with Gasteiger partial charge < -0.3 is 9.32 Å². The van der Waals surface area contributed by atoms with Gasteiger partial charge in [-0.15, -0.1) is 11.3 Å². The number of para-hydroxylation sites is 1. The summed E-state index contributed by atoms with van der Waals surface area (Å²) >= 11 is 1.86. The largest absolute Gasteiger partial charge is 0.456 e. The van der Waals surface area contributed by atoms with Gasteiger partial charge in [-0.2, -0.15) is 0 Å². The van der Waals surface area contributed by atoms with E-state index < -0.39 is 0 Å². The van der Waals surface area contributed by atoms with Crippen molar-refractivity contribution in [2.24, 2.45) is 0 Å². The molecule has 0 unspecified atom stereocenters. The van der Waals surface area contributed by atoms with Crippen LogP contribution in [0.1, 0.15) is 25.0 Å². The van der Waals surface area contributed by atoms with Crippen LogP contribution in [0.4, 0.5) is 17.1 Å². The predicted molar refractivity (Wildman–Crippen MR) is 196 cm³/mol. The summed E-state index contributed by atoms with van der Waals surface area (Å²) in [6.07, 6.45) is 0. The molecule has 9 aromatic rings. The Labute approximate surface area is 270 Å². The minimum atomic E-state index is -0.0568. The van der Waals surface area contributed by atoms with Gasteiger partial charge >= 0.3 is 0 Å². The van der Waals surface area contributed by atoms with Crippen LogP contribution in [-0.4, -0.2) is 0 Å². The second-order valence-corrected chi connectivity index (χ2v) is 14.0. The molecule has 3 heteroatoms. The fraction of sp³-hybridized carbons (Fsp3) is 0.0698. The normalized spacial score (nSPS) is 13.6. The SMILES string of the molecule is CC1(C)c2ccccc2-c2cc(N(c3ccc4c(c3)sc3ccccc34)c3c4ccccc4cc4oc5ccccc5c34)ccc21. The Morgan fingerprint density at radius 2 is 1.20 bits per heavy atom. The van der Waals surface area contributed by atoms with Crippen molar-refractivity contribution >= 4 is 81.3 Å². The molecule has 0 spiro atoms. The molecule has 0 aliphatic heterocycles. The number of nitrogens with zero attached hydrogens (tertiary/aromatic N) is 1.